The van der Waals surface area contributed by atoms with Gasteiger partial charge in [0, 0.05) is 43.3 Å². The average Bonchev–Trinajstić information content (AvgIpc) is 3.29. The van der Waals surface area contributed by atoms with Gasteiger partial charge in [-0.1, -0.05) is 34.1 Å². The maximum atomic E-state index is 4.35. The van der Waals surface area contributed by atoms with Crippen LogP contribution in [-0.4, -0.2) is 35.9 Å². The SMILES string of the molecule is CN=C(NCCCc1cnn(C)c1)NCC1(c2ccccc2Br)CC1.I. The van der Waals surface area contributed by atoms with Crippen molar-refractivity contribution in [2.75, 3.05) is 20.1 Å². The lowest BCUT2D eigenvalue weighted by Gasteiger charge is -2.20. The summed E-state index contributed by atoms with van der Waals surface area (Å²) < 4.78 is 3.05. The summed E-state index contributed by atoms with van der Waals surface area (Å²) >= 11 is 3.69. The lowest BCUT2D eigenvalue weighted by molar-refractivity contribution is 0.639. The van der Waals surface area contributed by atoms with Crippen LogP contribution in [0.1, 0.15) is 30.4 Å². The highest BCUT2D eigenvalue weighted by Gasteiger charge is 2.45. The van der Waals surface area contributed by atoms with Gasteiger partial charge in [0.25, 0.3) is 0 Å². The Morgan fingerprint density at radius 1 is 1.31 bits per heavy atom. The van der Waals surface area contributed by atoms with Crippen LogP contribution in [-0.2, 0) is 18.9 Å². The lowest BCUT2D eigenvalue weighted by atomic mass is 9.96. The molecule has 1 saturated carbocycles. The second-order valence-corrected chi connectivity index (χ2v) is 7.59. The molecule has 1 aliphatic rings. The number of aryl methyl sites for hydroxylation is 2. The molecule has 0 radical (unpaired) electrons. The zero-order chi connectivity index (χ0) is 17.7. The Hall–Kier alpha value is -1.09. The number of hydrogen-bond donors (Lipinski definition) is 2. The summed E-state index contributed by atoms with van der Waals surface area (Å²) in [6.45, 7) is 1.81. The van der Waals surface area contributed by atoms with E-state index in [4.69, 9.17) is 0 Å². The van der Waals surface area contributed by atoms with Crippen molar-refractivity contribution in [3.63, 3.8) is 0 Å². The number of guanidine groups is 1. The van der Waals surface area contributed by atoms with E-state index in [1.165, 1.54) is 28.4 Å². The van der Waals surface area contributed by atoms with Gasteiger partial charge in [0.15, 0.2) is 5.96 Å². The van der Waals surface area contributed by atoms with E-state index >= 15 is 0 Å². The van der Waals surface area contributed by atoms with E-state index < -0.39 is 0 Å². The highest BCUT2D eigenvalue weighted by atomic mass is 127. The minimum Gasteiger partial charge on any atom is -0.356 e. The van der Waals surface area contributed by atoms with Crippen LogP contribution >= 0.6 is 39.9 Å². The van der Waals surface area contributed by atoms with E-state index in [0.29, 0.717) is 0 Å². The van der Waals surface area contributed by atoms with Gasteiger partial charge < -0.3 is 10.6 Å². The highest BCUT2D eigenvalue weighted by Crippen LogP contribution is 2.49. The Morgan fingerprint density at radius 3 is 2.69 bits per heavy atom. The maximum absolute atomic E-state index is 4.35. The molecule has 0 saturated heterocycles. The highest BCUT2D eigenvalue weighted by molar-refractivity contribution is 14.0. The Kier molecular flexibility index (Phi) is 7.94. The first-order chi connectivity index (χ1) is 12.1. The molecule has 0 atom stereocenters. The molecule has 1 aliphatic carbocycles. The van der Waals surface area contributed by atoms with Gasteiger partial charge in [0.05, 0.1) is 6.20 Å². The Bertz CT molecular complexity index is 739. The summed E-state index contributed by atoms with van der Waals surface area (Å²) in [6, 6.07) is 8.54. The second-order valence-electron chi connectivity index (χ2n) is 6.74. The summed E-state index contributed by atoms with van der Waals surface area (Å²) in [5.74, 6) is 0.879. The standard InChI is InChI=1S/C19H26BrN5.HI/c1-21-18(22-11-5-6-15-12-24-25(2)13-15)23-14-19(9-10-19)16-7-3-4-8-17(16)20;/h3-4,7-8,12-13H,5-6,9-11,14H2,1-2H3,(H2,21,22,23);1H. The molecule has 1 aromatic carbocycles. The summed E-state index contributed by atoms with van der Waals surface area (Å²) in [6.07, 6.45) is 8.53. The predicted molar refractivity (Wildman–Crippen MR) is 121 cm³/mol. The first-order valence-electron chi connectivity index (χ1n) is 8.80. The van der Waals surface area contributed by atoms with Crippen molar-refractivity contribution in [2.24, 2.45) is 12.0 Å². The number of aliphatic imine (C=N–C) groups is 1. The van der Waals surface area contributed by atoms with Gasteiger partial charge in [0.1, 0.15) is 0 Å². The van der Waals surface area contributed by atoms with Gasteiger partial charge >= 0.3 is 0 Å². The molecule has 5 nitrogen and oxygen atoms in total. The van der Waals surface area contributed by atoms with Gasteiger partial charge in [-0.3, -0.25) is 9.67 Å². The molecular weight excluding hydrogens is 505 g/mol. The molecule has 0 bridgehead atoms. The van der Waals surface area contributed by atoms with E-state index in [9.17, 15) is 0 Å². The summed E-state index contributed by atoms with van der Waals surface area (Å²) in [4.78, 5) is 4.35. The monoisotopic (exact) mass is 531 g/mol. The number of hydrogen-bond acceptors (Lipinski definition) is 2. The van der Waals surface area contributed by atoms with E-state index in [-0.39, 0.29) is 29.4 Å². The van der Waals surface area contributed by atoms with E-state index in [1.54, 1.807) is 0 Å². The van der Waals surface area contributed by atoms with Crippen molar-refractivity contribution in [1.29, 1.82) is 0 Å². The van der Waals surface area contributed by atoms with Gasteiger partial charge in [0.2, 0.25) is 0 Å². The molecule has 1 heterocycles. The van der Waals surface area contributed by atoms with Gasteiger partial charge in [-0.25, -0.2) is 0 Å². The Labute approximate surface area is 181 Å². The number of rotatable bonds is 7. The van der Waals surface area contributed by atoms with E-state index in [2.05, 4.69) is 67.1 Å². The van der Waals surface area contributed by atoms with Gasteiger partial charge in [-0.05, 0) is 42.9 Å². The van der Waals surface area contributed by atoms with E-state index in [0.717, 1.165) is 31.9 Å². The normalized spacial score (nSPS) is 15.3. The number of aromatic nitrogens is 2. The van der Waals surface area contributed by atoms with Crippen LogP contribution in [0, 0.1) is 0 Å². The second kappa shape index (κ2) is 9.73. The number of nitrogens with one attached hydrogen (secondary N) is 2. The van der Waals surface area contributed by atoms with Gasteiger partial charge in [-0.15, -0.1) is 24.0 Å². The minimum atomic E-state index is 0. The molecule has 1 fully saturated rings. The molecule has 0 aliphatic heterocycles. The first-order valence-corrected chi connectivity index (χ1v) is 9.59. The maximum Gasteiger partial charge on any atom is 0.191 e. The molecule has 2 N–H and O–H groups in total. The van der Waals surface area contributed by atoms with Crippen LogP contribution in [0.3, 0.4) is 0 Å². The predicted octanol–water partition coefficient (Wildman–Crippen LogP) is 3.63. The van der Waals surface area contributed by atoms with Crippen LogP contribution < -0.4 is 10.6 Å². The fourth-order valence-electron chi connectivity index (χ4n) is 3.16. The zero-order valence-corrected chi connectivity index (χ0v) is 19.3. The Morgan fingerprint density at radius 2 is 2.08 bits per heavy atom. The smallest absolute Gasteiger partial charge is 0.191 e. The summed E-state index contributed by atoms with van der Waals surface area (Å²) in [7, 11) is 3.78. The Balaban J connectivity index is 0.00000243. The molecule has 26 heavy (non-hydrogen) atoms. The molecular formula is C19H27BrIN5. The van der Waals surface area contributed by atoms with Crippen molar-refractivity contribution in [1.82, 2.24) is 20.4 Å². The molecule has 2 aromatic rings. The number of nitrogens with zero attached hydrogens (tertiary/aromatic N) is 3. The van der Waals surface area contributed by atoms with Crippen molar-refractivity contribution < 1.29 is 0 Å². The zero-order valence-electron chi connectivity index (χ0n) is 15.3. The third kappa shape index (κ3) is 5.45. The molecule has 1 aromatic heterocycles. The third-order valence-electron chi connectivity index (χ3n) is 4.81. The van der Waals surface area contributed by atoms with Crippen molar-refractivity contribution in [3.8, 4) is 0 Å². The quantitative estimate of drug-likeness (QED) is 0.248. The van der Waals surface area contributed by atoms with Crippen LogP contribution in [0.4, 0.5) is 0 Å². The fraction of sp³-hybridized carbons (Fsp3) is 0.474. The molecule has 0 spiro atoms. The van der Waals surface area contributed by atoms with Gasteiger partial charge in [-0.2, -0.15) is 5.10 Å². The van der Waals surface area contributed by atoms with Crippen LogP contribution in [0.2, 0.25) is 0 Å². The largest absolute Gasteiger partial charge is 0.356 e. The molecule has 7 heteroatoms. The summed E-state index contributed by atoms with van der Waals surface area (Å²) in [5.41, 5.74) is 2.92. The molecule has 0 amide bonds. The van der Waals surface area contributed by atoms with Crippen LogP contribution in [0.15, 0.2) is 46.1 Å². The molecule has 3 rings (SSSR count). The topological polar surface area (TPSA) is 54.2 Å². The lowest BCUT2D eigenvalue weighted by Crippen LogP contribution is -2.41. The van der Waals surface area contributed by atoms with Crippen molar-refractivity contribution >= 4 is 45.9 Å². The minimum absolute atomic E-state index is 0. The first kappa shape index (κ1) is 21.2. The van der Waals surface area contributed by atoms with E-state index in [1.807, 2.05) is 25.0 Å². The van der Waals surface area contributed by atoms with Crippen molar-refractivity contribution in [2.45, 2.75) is 31.1 Å². The molecule has 0 unspecified atom stereocenters. The number of benzene rings is 1. The third-order valence-corrected chi connectivity index (χ3v) is 5.50. The van der Waals surface area contributed by atoms with Crippen LogP contribution in [0.25, 0.3) is 0 Å². The number of halogens is 2. The fourth-order valence-corrected chi connectivity index (χ4v) is 3.86. The average molecular weight is 532 g/mol. The molecule has 142 valence electrons. The summed E-state index contributed by atoms with van der Waals surface area (Å²) in [5, 5.41) is 11.1. The van der Waals surface area contributed by atoms with Crippen molar-refractivity contribution in [3.05, 3.63) is 52.3 Å². The van der Waals surface area contributed by atoms with Crippen LogP contribution in [0.5, 0.6) is 0 Å².